The number of rotatable bonds is 15. The van der Waals surface area contributed by atoms with Crippen LogP contribution in [0.3, 0.4) is 0 Å². The third kappa shape index (κ3) is 13.9. The minimum absolute atomic E-state index is 0.0213. The molecule has 124 valence electrons. The number of hydrogen-bond acceptors (Lipinski definition) is 1. The van der Waals surface area contributed by atoms with Crippen LogP contribution in [0.5, 0.6) is 0 Å². The van der Waals surface area contributed by atoms with Crippen molar-refractivity contribution in [2.45, 2.75) is 103 Å². The Morgan fingerprint density at radius 3 is 1.86 bits per heavy atom. The van der Waals surface area contributed by atoms with Crippen molar-refractivity contribution in [1.29, 1.82) is 0 Å². The topological polar surface area (TPSA) is 29.1 Å². The lowest BCUT2D eigenvalue weighted by atomic mass is 10.0. The van der Waals surface area contributed by atoms with Crippen LogP contribution in [0, 0.1) is 0 Å². The lowest BCUT2D eigenvalue weighted by molar-refractivity contribution is -0.117. The average Bonchev–Trinajstić information content (AvgIpc) is 2.50. The minimum atomic E-state index is -0.0213. The molecule has 21 heavy (non-hydrogen) atoms. The summed E-state index contributed by atoms with van der Waals surface area (Å²) in [5.41, 5.74) is 0. The molecule has 2 nitrogen and oxygen atoms in total. The molecule has 1 amide bonds. The molecule has 0 aliphatic rings. The number of hydrogen-bond donors (Lipinski definition) is 1. The molecule has 0 bridgehead atoms. The first-order valence-electron chi connectivity index (χ1n) is 9.17. The normalized spacial score (nSPS) is 12.1. The molecule has 1 atom stereocenters. The van der Waals surface area contributed by atoms with Gasteiger partial charge in [-0.25, -0.2) is 0 Å². The van der Waals surface area contributed by atoms with E-state index in [2.05, 4.69) is 25.7 Å². The van der Waals surface area contributed by atoms with Crippen LogP contribution in [0.25, 0.3) is 0 Å². The molecule has 1 N–H and O–H groups in total. The van der Waals surface area contributed by atoms with E-state index in [4.69, 9.17) is 0 Å². The van der Waals surface area contributed by atoms with Crippen LogP contribution in [0.2, 0.25) is 0 Å². The summed E-state index contributed by atoms with van der Waals surface area (Å²) in [7, 11) is 0. The van der Waals surface area contributed by atoms with E-state index in [1.54, 1.807) is 0 Å². The molecule has 0 aromatic rings. The highest BCUT2D eigenvalue weighted by molar-refractivity contribution is 5.87. The average molecular weight is 296 g/mol. The molecular formula is C19H37NO. The zero-order valence-corrected chi connectivity index (χ0v) is 14.5. The number of nitrogens with one attached hydrogen (secondary N) is 1. The van der Waals surface area contributed by atoms with Gasteiger partial charge in [0.05, 0.1) is 0 Å². The van der Waals surface area contributed by atoms with E-state index in [0.717, 1.165) is 12.8 Å². The summed E-state index contributed by atoms with van der Waals surface area (Å²) in [6.07, 6.45) is 18.2. The SMILES string of the molecule is C=CC(=O)NC(CCCC)CCCCCCCCCCC. The molecule has 2 heteroatoms. The van der Waals surface area contributed by atoms with Crippen molar-refractivity contribution in [2.24, 2.45) is 0 Å². The molecule has 0 aliphatic heterocycles. The highest BCUT2D eigenvalue weighted by atomic mass is 16.1. The van der Waals surface area contributed by atoms with E-state index in [1.807, 2.05) is 0 Å². The molecule has 0 saturated heterocycles. The van der Waals surface area contributed by atoms with Gasteiger partial charge in [0.2, 0.25) is 5.91 Å². The zero-order chi connectivity index (χ0) is 15.8. The Morgan fingerprint density at radius 2 is 1.33 bits per heavy atom. The molecular weight excluding hydrogens is 258 g/mol. The molecule has 0 fully saturated rings. The fourth-order valence-corrected chi connectivity index (χ4v) is 2.70. The molecule has 0 radical (unpaired) electrons. The van der Waals surface area contributed by atoms with Crippen LogP contribution < -0.4 is 5.32 Å². The van der Waals surface area contributed by atoms with Gasteiger partial charge in [-0.2, -0.15) is 0 Å². The van der Waals surface area contributed by atoms with Crippen LogP contribution in [0.4, 0.5) is 0 Å². The van der Waals surface area contributed by atoms with Crippen molar-refractivity contribution in [3.8, 4) is 0 Å². The zero-order valence-electron chi connectivity index (χ0n) is 14.5. The summed E-state index contributed by atoms with van der Waals surface area (Å²) in [4.78, 5) is 11.4. The molecule has 0 heterocycles. The Bertz CT molecular complexity index is 250. The summed E-state index contributed by atoms with van der Waals surface area (Å²) >= 11 is 0. The summed E-state index contributed by atoms with van der Waals surface area (Å²) in [5.74, 6) is -0.0213. The summed E-state index contributed by atoms with van der Waals surface area (Å²) in [6, 6.07) is 0.347. The number of carbonyl (C=O) groups excluding carboxylic acids is 1. The summed E-state index contributed by atoms with van der Waals surface area (Å²) in [6.45, 7) is 8.00. The summed E-state index contributed by atoms with van der Waals surface area (Å²) in [5, 5.41) is 3.07. The maximum Gasteiger partial charge on any atom is 0.243 e. The van der Waals surface area contributed by atoms with Crippen molar-refractivity contribution >= 4 is 5.91 Å². The van der Waals surface area contributed by atoms with E-state index < -0.39 is 0 Å². The second kappa shape index (κ2) is 15.6. The number of carbonyl (C=O) groups is 1. The van der Waals surface area contributed by atoms with Gasteiger partial charge in [0.1, 0.15) is 0 Å². The van der Waals surface area contributed by atoms with Crippen molar-refractivity contribution in [3.05, 3.63) is 12.7 Å². The third-order valence-electron chi connectivity index (χ3n) is 4.09. The molecule has 0 spiro atoms. The standard InChI is InChI=1S/C19H37NO/c1-4-7-9-10-11-12-13-14-15-17-18(16-8-5-2)20-19(21)6-3/h6,18H,3-5,7-17H2,1-2H3,(H,20,21). The van der Waals surface area contributed by atoms with E-state index >= 15 is 0 Å². The van der Waals surface area contributed by atoms with Gasteiger partial charge in [-0.3, -0.25) is 4.79 Å². The first kappa shape index (κ1) is 20.2. The largest absolute Gasteiger partial charge is 0.350 e. The van der Waals surface area contributed by atoms with Gasteiger partial charge in [0.25, 0.3) is 0 Å². The van der Waals surface area contributed by atoms with Gasteiger partial charge in [0.15, 0.2) is 0 Å². The number of unbranched alkanes of at least 4 members (excludes halogenated alkanes) is 9. The fourth-order valence-electron chi connectivity index (χ4n) is 2.70. The van der Waals surface area contributed by atoms with Crippen LogP contribution in [-0.4, -0.2) is 11.9 Å². The Labute approximate surface area is 132 Å². The van der Waals surface area contributed by atoms with Crippen molar-refractivity contribution < 1.29 is 4.79 Å². The lowest BCUT2D eigenvalue weighted by Gasteiger charge is -2.17. The molecule has 0 aliphatic carbocycles. The maximum absolute atomic E-state index is 11.4. The second-order valence-corrected chi connectivity index (χ2v) is 6.17. The van der Waals surface area contributed by atoms with Gasteiger partial charge in [-0.15, -0.1) is 0 Å². The predicted octanol–water partition coefficient (Wildman–Crippen LogP) is 5.77. The van der Waals surface area contributed by atoms with Crippen molar-refractivity contribution in [3.63, 3.8) is 0 Å². The van der Waals surface area contributed by atoms with Gasteiger partial charge in [-0.05, 0) is 18.9 Å². The fraction of sp³-hybridized carbons (Fsp3) is 0.842. The molecule has 0 aromatic heterocycles. The van der Waals surface area contributed by atoms with Crippen molar-refractivity contribution in [2.75, 3.05) is 0 Å². The third-order valence-corrected chi connectivity index (χ3v) is 4.09. The summed E-state index contributed by atoms with van der Waals surface area (Å²) < 4.78 is 0. The van der Waals surface area contributed by atoms with Gasteiger partial charge < -0.3 is 5.32 Å². The highest BCUT2D eigenvalue weighted by Crippen LogP contribution is 2.13. The Hall–Kier alpha value is -0.790. The molecule has 1 unspecified atom stereocenters. The number of amides is 1. The van der Waals surface area contributed by atoms with Crippen LogP contribution in [0.1, 0.15) is 97.3 Å². The smallest absolute Gasteiger partial charge is 0.243 e. The van der Waals surface area contributed by atoms with Crippen molar-refractivity contribution in [1.82, 2.24) is 5.32 Å². The van der Waals surface area contributed by atoms with Gasteiger partial charge >= 0.3 is 0 Å². The molecule has 0 aromatic carbocycles. The van der Waals surface area contributed by atoms with Gasteiger partial charge in [-0.1, -0.05) is 91.1 Å². The van der Waals surface area contributed by atoms with Crippen LogP contribution >= 0.6 is 0 Å². The van der Waals surface area contributed by atoms with Gasteiger partial charge in [0, 0.05) is 6.04 Å². The molecule has 0 rings (SSSR count). The Morgan fingerprint density at radius 1 is 0.857 bits per heavy atom. The first-order chi connectivity index (χ1) is 10.2. The maximum atomic E-state index is 11.4. The van der Waals surface area contributed by atoms with E-state index in [1.165, 1.54) is 76.7 Å². The first-order valence-corrected chi connectivity index (χ1v) is 9.17. The van der Waals surface area contributed by atoms with Crippen LogP contribution in [-0.2, 0) is 4.79 Å². The predicted molar refractivity (Wildman–Crippen MR) is 93.5 cm³/mol. The van der Waals surface area contributed by atoms with E-state index in [9.17, 15) is 4.79 Å². The lowest BCUT2D eigenvalue weighted by Crippen LogP contribution is -2.33. The second-order valence-electron chi connectivity index (χ2n) is 6.17. The van der Waals surface area contributed by atoms with E-state index in [0.29, 0.717) is 6.04 Å². The molecule has 0 saturated carbocycles. The quantitative estimate of drug-likeness (QED) is 0.301. The monoisotopic (exact) mass is 295 g/mol. The van der Waals surface area contributed by atoms with Crippen LogP contribution in [0.15, 0.2) is 12.7 Å². The Balaban J connectivity index is 3.58. The minimum Gasteiger partial charge on any atom is -0.350 e. The highest BCUT2D eigenvalue weighted by Gasteiger charge is 2.09. The Kier molecular flexibility index (Phi) is 15.0. The van der Waals surface area contributed by atoms with E-state index in [-0.39, 0.29) is 5.91 Å².